The number of hydrogen-bond acceptors (Lipinski definition) is 6. The zero-order chi connectivity index (χ0) is 28.2. The summed E-state index contributed by atoms with van der Waals surface area (Å²) in [5, 5.41) is 3.38. The van der Waals surface area contributed by atoms with E-state index in [1.54, 1.807) is 0 Å². The Morgan fingerprint density at radius 2 is 1.68 bits per heavy atom. The minimum absolute atomic E-state index is 0.0801. The third-order valence-electron chi connectivity index (χ3n) is 6.01. The molecule has 1 unspecified atom stereocenters. The number of nitrogens with one attached hydrogen (secondary N) is 1. The fraction of sp³-hybridized carbons (Fsp3) is 0.292. The van der Waals surface area contributed by atoms with Crippen LogP contribution in [0, 0.1) is 13.8 Å². The molecule has 38 heavy (non-hydrogen) atoms. The van der Waals surface area contributed by atoms with Crippen LogP contribution in [0.4, 0.5) is 22.0 Å². The van der Waals surface area contributed by atoms with Crippen LogP contribution in [0.25, 0.3) is 11.0 Å². The molecule has 0 aliphatic carbocycles. The zero-order valence-electron chi connectivity index (χ0n) is 20.1. The average Bonchev–Trinajstić information content (AvgIpc) is 3.18. The number of aromatic nitrogens is 4. The largest absolute Gasteiger partial charge is 0.744 e. The molecule has 0 saturated carbocycles. The van der Waals surface area contributed by atoms with Crippen LogP contribution >= 0.6 is 0 Å². The van der Waals surface area contributed by atoms with Crippen molar-refractivity contribution in [3.63, 3.8) is 0 Å². The fourth-order valence-corrected chi connectivity index (χ4v) is 4.87. The first-order valence-electron chi connectivity index (χ1n) is 11.1. The van der Waals surface area contributed by atoms with E-state index in [1.165, 1.54) is 26.8 Å². The van der Waals surface area contributed by atoms with Gasteiger partial charge in [-0.3, -0.25) is 4.79 Å². The molecule has 0 radical (unpaired) electrons. The van der Waals surface area contributed by atoms with Crippen LogP contribution < -0.4 is 5.56 Å². The van der Waals surface area contributed by atoms with Crippen LogP contribution in [0.1, 0.15) is 46.7 Å². The lowest BCUT2D eigenvalue weighted by atomic mass is 10.0. The van der Waals surface area contributed by atoms with E-state index in [0.717, 1.165) is 41.1 Å². The van der Waals surface area contributed by atoms with Crippen molar-refractivity contribution < 1.29 is 34.9 Å². The molecule has 4 rings (SSSR count). The Morgan fingerprint density at radius 3 is 2.26 bits per heavy atom. The van der Waals surface area contributed by atoms with Crippen molar-refractivity contribution in [3.8, 4) is 0 Å². The SMILES string of the molecule is Cc1ccc(S(=O)(=O)[O-])c(CC(F)(F)c2nn(C(C)c3ccc(C(F)(F)F)cc3)c3nc(C)[nH]c(=O)c23)c1. The minimum Gasteiger partial charge on any atom is -0.744 e. The standard InChI is InChI=1S/C24H21F5N4O4S/c1-12-4-9-18(38(35,36)37)16(10-12)11-23(25,26)20-19-21(30-14(3)31-22(19)34)33(32-20)13(2)15-5-7-17(8-6-15)24(27,28)29/h4-10,13H,11H2,1-3H3,(H,30,31,34)(H,35,36,37)/p-1. The summed E-state index contributed by atoms with van der Waals surface area (Å²) < 4.78 is 106. The van der Waals surface area contributed by atoms with E-state index in [9.17, 15) is 30.9 Å². The van der Waals surface area contributed by atoms with Gasteiger partial charge in [0, 0.05) is 6.42 Å². The van der Waals surface area contributed by atoms with Crippen molar-refractivity contribution >= 4 is 21.2 Å². The molecular formula is C24H20F5N4O4S-. The van der Waals surface area contributed by atoms with E-state index < -0.39 is 67.3 Å². The van der Waals surface area contributed by atoms with Crippen molar-refractivity contribution in [2.75, 3.05) is 0 Å². The number of H-pyrrole nitrogens is 1. The van der Waals surface area contributed by atoms with E-state index in [2.05, 4.69) is 15.1 Å². The van der Waals surface area contributed by atoms with Gasteiger partial charge in [0.15, 0.2) is 5.65 Å². The molecule has 14 heteroatoms. The Hall–Kier alpha value is -3.65. The van der Waals surface area contributed by atoms with Gasteiger partial charge in [0.2, 0.25) is 0 Å². The molecule has 2 aromatic heterocycles. The summed E-state index contributed by atoms with van der Waals surface area (Å²) in [5.74, 6) is -3.86. The number of hydrogen-bond donors (Lipinski definition) is 1. The molecule has 0 saturated heterocycles. The highest BCUT2D eigenvalue weighted by Gasteiger charge is 2.40. The molecule has 4 aromatic rings. The first kappa shape index (κ1) is 27.4. The molecule has 0 spiro atoms. The Morgan fingerprint density at radius 1 is 1.05 bits per heavy atom. The highest BCUT2D eigenvalue weighted by Crippen LogP contribution is 2.38. The Bertz CT molecular complexity index is 1690. The molecule has 0 fully saturated rings. The van der Waals surface area contributed by atoms with Crippen molar-refractivity contribution in [3.05, 3.63) is 86.6 Å². The molecule has 1 atom stereocenters. The van der Waals surface area contributed by atoms with Crippen molar-refractivity contribution in [1.29, 1.82) is 0 Å². The molecule has 202 valence electrons. The van der Waals surface area contributed by atoms with Crippen molar-refractivity contribution in [1.82, 2.24) is 19.7 Å². The average molecular weight is 556 g/mol. The predicted molar refractivity (Wildman–Crippen MR) is 125 cm³/mol. The minimum atomic E-state index is -5.09. The maximum absolute atomic E-state index is 15.7. The van der Waals surface area contributed by atoms with Gasteiger partial charge in [0.25, 0.3) is 11.5 Å². The molecule has 2 aromatic carbocycles. The van der Waals surface area contributed by atoms with E-state index in [1.807, 2.05) is 0 Å². The van der Waals surface area contributed by atoms with Crippen molar-refractivity contribution in [2.24, 2.45) is 0 Å². The van der Waals surface area contributed by atoms with Gasteiger partial charge in [-0.05, 0) is 50.1 Å². The van der Waals surface area contributed by atoms with Crippen LogP contribution in [0.3, 0.4) is 0 Å². The van der Waals surface area contributed by atoms with E-state index in [-0.39, 0.29) is 17.0 Å². The summed E-state index contributed by atoms with van der Waals surface area (Å²) in [6.07, 6.45) is -5.84. The normalized spacial score (nSPS) is 13.7. The summed E-state index contributed by atoms with van der Waals surface area (Å²) in [6, 6.07) is 6.43. The Kier molecular flexibility index (Phi) is 6.68. The lowest BCUT2D eigenvalue weighted by molar-refractivity contribution is -0.137. The number of alkyl halides is 5. The molecule has 8 nitrogen and oxygen atoms in total. The van der Waals surface area contributed by atoms with Gasteiger partial charge in [0.1, 0.15) is 27.0 Å². The second kappa shape index (κ2) is 9.27. The maximum Gasteiger partial charge on any atom is 0.416 e. The summed E-state index contributed by atoms with van der Waals surface area (Å²) in [7, 11) is -5.09. The number of aryl methyl sites for hydroxylation is 2. The molecular weight excluding hydrogens is 535 g/mol. The summed E-state index contributed by atoms with van der Waals surface area (Å²) in [4.78, 5) is 18.4. The van der Waals surface area contributed by atoms with Gasteiger partial charge in [-0.2, -0.15) is 27.1 Å². The summed E-state index contributed by atoms with van der Waals surface area (Å²) >= 11 is 0. The summed E-state index contributed by atoms with van der Waals surface area (Å²) in [5.41, 5.74) is -2.86. The van der Waals surface area contributed by atoms with Gasteiger partial charge in [-0.1, -0.05) is 29.8 Å². The number of rotatable bonds is 6. The van der Waals surface area contributed by atoms with Crippen molar-refractivity contribution in [2.45, 2.75) is 50.2 Å². The highest BCUT2D eigenvalue weighted by atomic mass is 32.2. The molecule has 2 heterocycles. The van der Waals surface area contributed by atoms with E-state index >= 15 is 8.78 Å². The number of aromatic amines is 1. The lowest BCUT2D eigenvalue weighted by Crippen LogP contribution is -2.22. The third kappa shape index (κ3) is 5.18. The fourth-order valence-electron chi connectivity index (χ4n) is 4.19. The molecule has 0 aliphatic heterocycles. The second-order valence-electron chi connectivity index (χ2n) is 8.89. The monoisotopic (exact) mass is 555 g/mol. The van der Waals surface area contributed by atoms with Gasteiger partial charge >= 0.3 is 6.18 Å². The number of fused-ring (bicyclic) bond motifs is 1. The third-order valence-corrected chi connectivity index (χ3v) is 6.95. The van der Waals surface area contributed by atoms with Gasteiger partial charge < -0.3 is 9.54 Å². The van der Waals surface area contributed by atoms with E-state index in [4.69, 9.17) is 0 Å². The first-order valence-corrected chi connectivity index (χ1v) is 12.5. The Labute approximate surface area is 212 Å². The van der Waals surface area contributed by atoms with Gasteiger partial charge in [-0.25, -0.2) is 18.1 Å². The number of nitrogens with zero attached hydrogens (tertiary/aromatic N) is 3. The highest BCUT2D eigenvalue weighted by molar-refractivity contribution is 7.85. The topological polar surface area (TPSA) is 121 Å². The van der Waals surface area contributed by atoms with Crippen LogP contribution in [-0.4, -0.2) is 32.7 Å². The van der Waals surface area contributed by atoms with Crippen LogP contribution in [0.15, 0.2) is 52.2 Å². The smallest absolute Gasteiger partial charge is 0.416 e. The van der Waals surface area contributed by atoms with E-state index in [0.29, 0.717) is 5.56 Å². The summed E-state index contributed by atoms with van der Waals surface area (Å²) in [6.45, 7) is 4.42. The number of halogens is 5. The molecule has 0 amide bonds. The molecule has 0 bridgehead atoms. The first-order chi connectivity index (χ1) is 17.5. The number of benzene rings is 2. The lowest BCUT2D eigenvalue weighted by Gasteiger charge is -2.19. The Balaban J connectivity index is 1.87. The molecule has 0 aliphatic rings. The zero-order valence-corrected chi connectivity index (χ0v) is 20.9. The molecule has 1 N–H and O–H groups in total. The second-order valence-corrected chi connectivity index (χ2v) is 10.2. The van der Waals surface area contributed by atoms with Gasteiger partial charge in [0.05, 0.1) is 16.5 Å². The maximum atomic E-state index is 15.7. The van der Waals surface area contributed by atoms with Crippen LogP contribution in [0.2, 0.25) is 0 Å². The quantitative estimate of drug-likeness (QED) is 0.274. The van der Waals surface area contributed by atoms with Crippen LogP contribution in [0.5, 0.6) is 0 Å². The van der Waals surface area contributed by atoms with Crippen LogP contribution in [-0.2, 0) is 28.6 Å². The predicted octanol–water partition coefficient (Wildman–Crippen LogP) is 4.60. The van der Waals surface area contributed by atoms with Gasteiger partial charge in [-0.15, -0.1) is 0 Å².